The summed E-state index contributed by atoms with van der Waals surface area (Å²) in [5.74, 6) is -0.116. The van der Waals surface area contributed by atoms with E-state index < -0.39 is 0 Å². The summed E-state index contributed by atoms with van der Waals surface area (Å²) in [6, 6.07) is 13.7. The molecular formula is C24H31NO4. The number of benzene rings is 2. The summed E-state index contributed by atoms with van der Waals surface area (Å²) < 4.78 is 10.8. The maximum atomic E-state index is 12.4. The highest BCUT2D eigenvalue weighted by atomic mass is 16.5. The van der Waals surface area contributed by atoms with Gasteiger partial charge in [-0.3, -0.25) is 9.59 Å². The number of hydrogen-bond donors (Lipinski definition) is 1. The SMILES string of the molecule is CCOCCOCc1cccc(CNC(=O)CCC(=O)c2cc(C)ccc2C)c1. The van der Waals surface area contributed by atoms with Crippen molar-refractivity contribution in [3.63, 3.8) is 0 Å². The summed E-state index contributed by atoms with van der Waals surface area (Å²) in [6.45, 7) is 8.62. The van der Waals surface area contributed by atoms with Gasteiger partial charge < -0.3 is 14.8 Å². The summed E-state index contributed by atoms with van der Waals surface area (Å²) in [5.41, 5.74) is 4.75. The van der Waals surface area contributed by atoms with Gasteiger partial charge in [0.2, 0.25) is 5.91 Å². The van der Waals surface area contributed by atoms with Crippen LogP contribution < -0.4 is 5.32 Å². The third kappa shape index (κ3) is 8.18. The second-order valence-electron chi connectivity index (χ2n) is 7.09. The van der Waals surface area contributed by atoms with E-state index in [-0.39, 0.29) is 24.5 Å². The van der Waals surface area contributed by atoms with Crippen LogP contribution in [0, 0.1) is 13.8 Å². The normalized spacial score (nSPS) is 10.7. The number of carbonyl (C=O) groups excluding carboxylic acids is 2. The molecule has 0 spiro atoms. The van der Waals surface area contributed by atoms with Crippen LogP contribution in [0.5, 0.6) is 0 Å². The highest BCUT2D eigenvalue weighted by molar-refractivity contribution is 5.99. The average Bonchev–Trinajstić information content (AvgIpc) is 2.72. The number of Topliss-reactive ketones (excluding diaryl/α,β-unsaturated/α-hetero) is 1. The van der Waals surface area contributed by atoms with E-state index in [1.165, 1.54) is 0 Å². The van der Waals surface area contributed by atoms with E-state index in [1.807, 2.05) is 63.2 Å². The fourth-order valence-corrected chi connectivity index (χ4v) is 2.97. The molecule has 0 aromatic heterocycles. The molecule has 0 heterocycles. The monoisotopic (exact) mass is 397 g/mol. The predicted molar refractivity (Wildman–Crippen MR) is 114 cm³/mol. The fourth-order valence-electron chi connectivity index (χ4n) is 2.97. The Bertz CT molecular complexity index is 816. The number of amides is 1. The first-order valence-corrected chi connectivity index (χ1v) is 10.1. The van der Waals surface area contributed by atoms with E-state index in [0.29, 0.717) is 38.5 Å². The molecule has 0 aliphatic carbocycles. The maximum absolute atomic E-state index is 12.4. The number of aryl methyl sites for hydroxylation is 2. The lowest BCUT2D eigenvalue weighted by Gasteiger charge is -2.09. The van der Waals surface area contributed by atoms with Crippen molar-refractivity contribution in [3.05, 3.63) is 70.3 Å². The van der Waals surface area contributed by atoms with Crippen molar-refractivity contribution in [1.82, 2.24) is 5.32 Å². The van der Waals surface area contributed by atoms with Gasteiger partial charge in [0, 0.05) is 31.6 Å². The van der Waals surface area contributed by atoms with Crippen LogP contribution in [0.25, 0.3) is 0 Å². The minimum absolute atomic E-state index is 0.00699. The molecule has 2 aromatic carbocycles. The van der Waals surface area contributed by atoms with Crippen molar-refractivity contribution < 1.29 is 19.1 Å². The Kier molecular flexibility index (Phi) is 9.54. The second-order valence-corrected chi connectivity index (χ2v) is 7.09. The maximum Gasteiger partial charge on any atom is 0.220 e. The molecular weight excluding hydrogens is 366 g/mol. The zero-order valence-electron chi connectivity index (χ0n) is 17.6. The molecule has 1 amide bonds. The van der Waals surface area contributed by atoms with E-state index in [9.17, 15) is 9.59 Å². The number of ketones is 1. The van der Waals surface area contributed by atoms with E-state index >= 15 is 0 Å². The van der Waals surface area contributed by atoms with Crippen molar-refractivity contribution in [2.24, 2.45) is 0 Å². The van der Waals surface area contributed by atoms with Gasteiger partial charge in [0.05, 0.1) is 19.8 Å². The Labute approximate surface area is 173 Å². The molecule has 2 rings (SSSR count). The Hall–Kier alpha value is -2.50. The van der Waals surface area contributed by atoms with Gasteiger partial charge in [-0.05, 0) is 43.5 Å². The second kappa shape index (κ2) is 12.1. The molecule has 0 atom stereocenters. The molecule has 0 saturated carbocycles. The number of ether oxygens (including phenoxy) is 2. The van der Waals surface area contributed by atoms with Crippen molar-refractivity contribution in [3.8, 4) is 0 Å². The highest BCUT2D eigenvalue weighted by Gasteiger charge is 2.12. The molecule has 5 nitrogen and oxygen atoms in total. The summed E-state index contributed by atoms with van der Waals surface area (Å²) >= 11 is 0. The number of hydrogen-bond acceptors (Lipinski definition) is 4. The smallest absolute Gasteiger partial charge is 0.220 e. The van der Waals surface area contributed by atoms with Crippen molar-refractivity contribution in [2.75, 3.05) is 19.8 Å². The van der Waals surface area contributed by atoms with Gasteiger partial charge in [-0.2, -0.15) is 0 Å². The first-order chi connectivity index (χ1) is 14.0. The molecule has 156 valence electrons. The van der Waals surface area contributed by atoms with E-state index in [0.717, 1.165) is 22.3 Å². The number of rotatable bonds is 12. The van der Waals surface area contributed by atoms with Gasteiger partial charge >= 0.3 is 0 Å². The minimum Gasteiger partial charge on any atom is -0.379 e. The van der Waals surface area contributed by atoms with Crippen LogP contribution in [0.3, 0.4) is 0 Å². The third-order valence-electron chi connectivity index (χ3n) is 4.60. The van der Waals surface area contributed by atoms with E-state index in [1.54, 1.807) is 0 Å². The lowest BCUT2D eigenvalue weighted by atomic mass is 9.99. The molecule has 0 unspecified atom stereocenters. The quantitative estimate of drug-likeness (QED) is 0.432. The first kappa shape index (κ1) is 22.8. The van der Waals surface area contributed by atoms with Gasteiger partial charge in [0.15, 0.2) is 5.78 Å². The highest BCUT2D eigenvalue weighted by Crippen LogP contribution is 2.14. The predicted octanol–water partition coefficient (Wildman–Crippen LogP) is 4.14. The molecule has 5 heteroatoms. The van der Waals surface area contributed by atoms with Crippen LogP contribution in [0.4, 0.5) is 0 Å². The third-order valence-corrected chi connectivity index (χ3v) is 4.60. The van der Waals surface area contributed by atoms with E-state index in [2.05, 4.69) is 5.32 Å². The number of carbonyl (C=O) groups is 2. The summed E-state index contributed by atoms with van der Waals surface area (Å²) in [7, 11) is 0. The molecule has 0 aliphatic heterocycles. The Morgan fingerprint density at radius 2 is 1.69 bits per heavy atom. The largest absolute Gasteiger partial charge is 0.379 e. The first-order valence-electron chi connectivity index (χ1n) is 10.1. The Balaban J connectivity index is 1.75. The molecule has 0 radical (unpaired) electrons. The van der Waals surface area contributed by atoms with Crippen LogP contribution in [0.2, 0.25) is 0 Å². The average molecular weight is 398 g/mol. The minimum atomic E-state index is -0.123. The standard InChI is InChI=1S/C24H31NO4/c1-4-28-12-13-29-17-21-7-5-6-20(15-21)16-25-24(27)11-10-23(26)22-14-18(2)8-9-19(22)3/h5-9,14-15H,4,10-13,16-17H2,1-3H3,(H,25,27). The fraction of sp³-hybridized carbons (Fsp3) is 0.417. The van der Waals surface area contributed by atoms with Crippen LogP contribution in [0.1, 0.15) is 52.4 Å². The van der Waals surface area contributed by atoms with Gasteiger partial charge in [0.25, 0.3) is 0 Å². The topological polar surface area (TPSA) is 64.6 Å². The Morgan fingerprint density at radius 1 is 0.931 bits per heavy atom. The van der Waals surface area contributed by atoms with Crippen LogP contribution in [-0.4, -0.2) is 31.5 Å². The lowest BCUT2D eigenvalue weighted by Crippen LogP contribution is -2.23. The Morgan fingerprint density at radius 3 is 2.48 bits per heavy atom. The van der Waals surface area contributed by atoms with Gasteiger partial charge in [-0.15, -0.1) is 0 Å². The van der Waals surface area contributed by atoms with E-state index in [4.69, 9.17) is 9.47 Å². The summed E-state index contributed by atoms with van der Waals surface area (Å²) in [5, 5.41) is 2.89. The molecule has 0 aliphatic rings. The molecule has 1 N–H and O–H groups in total. The zero-order valence-corrected chi connectivity index (χ0v) is 17.6. The van der Waals surface area contributed by atoms with Gasteiger partial charge in [-0.25, -0.2) is 0 Å². The van der Waals surface area contributed by atoms with Crippen molar-refractivity contribution in [1.29, 1.82) is 0 Å². The molecule has 2 aromatic rings. The van der Waals surface area contributed by atoms with Crippen molar-refractivity contribution >= 4 is 11.7 Å². The van der Waals surface area contributed by atoms with Crippen LogP contribution >= 0.6 is 0 Å². The van der Waals surface area contributed by atoms with Crippen LogP contribution in [-0.2, 0) is 27.4 Å². The van der Waals surface area contributed by atoms with Crippen LogP contribution in [0.15, 0.2) is 42.5 Å². The number of nitrogens with one attached hydrogen (secondary N) is 1. The summed E-state index contributed by atoms with van der Waals surface area (Å²) in [6.07, 6.45) is 0.399. The zero-order chi connectivity index (χ0) is 21.1. The van der Waals surface area contributed by atoms with Crippen molar-refractivity contribution in [2.45, 2.75) is 46.8 Å². The van der Waals surface area contributed by atoms with Gasteiger partial charge in [-0.1, -0.05) is 42.0 Å². The lowest BCUT2D eigenvalue weighted by molar-refractivity contribution is -0.121. The molecule has 0 saturated heterocycles. The molecule has 0 fully saturated rings. The molecule has 0 bridgehead atoms. The molecule has 29 heavy (non-hydrogen) atoms. The summed E-state index contributed by atoms with van der Waals surface area (Å²) in [4.78, 5) is 24.6. The van der Waals surface area contributed by atoms with Gasteiger partial charge in [0.1, 0.15) is 0 Å².